The topological polar surface area (TPSA) is 138 Å². The third kappa shape index (κ3) is 2.75. The molecule has 25 heavy (non-hydrogen) atoms. The van der Waals surface area contributed by atoms with E-state index in [0.717, 1.165) is 0 Å². The van der Waals surface area contributed by atoms with Crippen LogP contribution in [0.3, 0.4) is 0 Å². The second-order valence-electron chi connectivity index (χ2n) is 5.70. The number of hydrogen-bond acceptors (Lipinski definition) is 6. The maximum Gasteiger partial charge on any atom is 0.327 e. The molecule has 0 fully saturated rings. The van der Waals surface area contributed by atoms with Gasteiger partial charge in [-0.15, -0.1) is 0 Å². The van der Waals surface area contributed by atoms with Crippen LogP contribution in [0.4, 0.5) is 11.5 Å². The lowest BCUT2D eigenvalue weighted by molar-refractivity contribution is -0.384. The summed E-state index contributed by atoms with van der Waals surface area (Å²) in [6.45, 7) is 3.00. The number of H-pyrrole nitrogens is 2. The number of carbonyl (C=O) groups is 1. The fraction of sp³-hybridized carbons (Fsp3) is 0.188. The van der Waals surface area contributed by atoms with E-state index in [2.05, 4.69) is 15.3 Å². The van der Waals surface area contributed by atoms with E-state index < -0.39 is 22.1 Å². The van der Waals surface area contributed by atoms with Crippen molar-refractivity contribution in [3.63, 3.8) is 0 Å². The Kier molecular flexibility index (Phi) is 3.84. The minimum absolute atomic E-state index is 0.135. The van der Waals surface area contributed by atoms with Crippen molar-refractivity contribution in [1.29, 1.82) is 0 Å². The van der Waals surface area contributed by atoms with Gasteiger partial charge in [-0.05, 0) is 19.4 Å². The van der Waals surface area contributed by atoms with Crippen molar-refractivity contribution in [1.82, 2.24) is 9.97 Å². The average molecular weight is 342 g/mol. The summed E-state index contributed by atoms with van der Waals surface area (Å²) in [6.07, 6.45) is 0. The molecule has 3 N–H and O–H groups in total. The summed E-state index contributed by atoms with van der Waals surface area (Å²) in [5.74, 6) is -0.931. The molecule has 2 aromatic rings. The second kappa shape index (κ2) is 5.86. The largest absolute Gasteiger partial charge is 0.345 e. The van der Waals surface area contributed by atoms with Crippen molar-refractivity contribution >= 4 is 17.3 Å². The number of allylic oxidation sites excluding steroid dienone is 2. The third-order valence-electron chi connectivity index (χ3n) is 4.07. The highest BCUT2D eigenvalue weighted by Crippen LogP contribution is 2.39. The number of non-ortho nitro benzene ring substituents is 1. The van der Waals surface area contributed by atoms with E-state index in [4.69, 9.17) is 0 Å². The van der Waals surface area contributed by atoms with E-state index in [1.165, 1.54) is 25.1 Å². The van der Waals surface area contributed by atoms with E-state index in [1.807, 2.05) is 0 Å². The highest BCUT2D eigenvalue weighted by molar-refractivity contribution is 5.98. The standard InChI is InChI=1S/C16H14N4O5/c1-7-11(8(2)21)12(9-4-3-5-10(6-9)20(24)25)13-14(17-7)18-16(23)19-15(13)22/h3-6,12H,1-2H3,(H3,17,18,19,22,23). The summed E-state index contributed by atoms with van der Waals surface area (Å²) < 4.78 is 0. The molecule has 0 aliphatic carbocycles. The lowest BCUT2D eigenvalue weighted by atomic mass is 9.80. The first-order chi connectivity index (χ1) is 11.8. The van der Waals surface area contributed by atoms with Crippen molar-refractivity contribution in [2.45, 2.75) is 19.8 Å². The van der Waals surface area contributed by atoms with Gasteiger partial charge in [0.05, 0.1) is 10.5 Å². The maximum atomic E-state index is 12.4. The maximum absolute atomic E-state index is 12.4. The summed E-state index contributed by atoms with van der Waals surface area (Å²) in [5.41, 5.74) is -0.167. The molecule has 1 aromatic heterocycles. The van der Waals surface area contributed by atoms with Gasteiger partial charge >= 0.3 is 5.69 Å². The zero-order valence-corrected chi connectivity index (χ0v) is 13.4. The van der Waals surface area contributed by atoms with E-state index in [1.54, 1.807) is 13.0 Å². The number of hydrogen-bond donors (Lipinski definition) is 3. The van der Waals surface area contributed by atoms with Gasteiger partial charge in [0.2, 0.25) is 0 Å². The molecular weight excluding hydrogens is 328 g/mol. The number of nitro groups is 1. The lowest BCUT2D eigenvalue weighted by Gasteiger charge is -2.28. The molecule has 0 bridgehead atoms. The summed E-state index contributed by atoms with van der Waals surface area (Å²) in [5, 5.41) is 13.9. The number of aromatic amines is 2. The highest BCUT2D eigenvalue weighted by atomic mass is 16.6. The molecule has 128 valence electrons. The number of fused-ring (bicyclic) bond motifs is 1. The van der Waals surface area contributed by atoms with Gasteiger partial charge in [0.15, 0.2) is 5.78 Å². The van der Waals surface area contributed by atoms with Gasteiger partial charge in [0.25, 0.3) is 11.2 Å². The first kappa shape index (κ1) is 16.4. The van der Waals surface area contributed by atoms with Crippen molar-refractivity contribution in [3.05, 3.63) is 77.6 Å². The fourth-order valence-corrected chi connectivity index (χ4v) is 3.10. The Balaban J connectivity index is 2.34. The number of benzene rings is 1. The molecule has 1 aromatic carbocycles. The van der Waals surface area contributed by atoms with Crippen molar-refractivity contribution < 1.29 is 9.72 Å². The van der Waals surface area contributed by atoms with E-state index in [-0.39, 0.29) is 22.9 Å². The molecule has 3 rings (SSSR count). The number of nitrogens with zero attached hydrogens (tertiary/aromatic N) is 1. The quantitative estimate of drug-likeness (QED) is 0.569. The van der Waals surface area contributed by atoms with Crippen LogP contribution in [-0.2, 0) is 4.79 Å². The molecule has 0 amide bonds. The molecule has 1 unspecified atom stereocenters. The predicted octanol–water partition coefficient (Wildman–Crippen LogP) is 1.39. The SMILES string of the molecule is CC(=O)C1=C(C)Nc2[nH]c(=O)[nH]c(=O)c2C1c1cccc([N+](=O)[O-])c1. The van der Waals surface area contributed by atoms with Gasteiger partial charge in [-0.1, -0.05) is 12.1 Å². The Morgan fingerprint density at radius 1 is 1.24 bits per heavy atom. The van der Waals surface area contributed by atoms with Crippen molar-refractivity contribution in [2.75, 3.05) is 5.32 Å². The minimum Gasteiger partial charge on any atom is -0.345 e. The first-order valence-corrected chi connectivity index (χ1v) is 7.39. The van der Waals surface area contributed by atoms with E-state index in [0.29, 0.717) is 16.8 Å². The van der Waals surface area contributed by atoms with Gasteiger partial charge in [-0.2, -0.15) is 0 Å². The van der Waals surface area contributed by atoms with Crippen LogP contribution in [0.25, 0.3) is 0 Å². The second-order valence-corrected chi connectivity index (χ2v) is 5.70. The number of nitrogens with one attached hydrogen (secondary N) is 3. The molecule has 1 atom stereocenters. The van der Waals surface area contributed by atoms with Crippen LogP contribution in [-0.4, -0.2) is 20.7 Å². The van der Waals surface area contributed by atoms with E-state index >= 15 is 0 Å². The summed E-state index contributed by atoms with van der Waals surface area (Å²) >= 11 is 0. The molecule has 9 heteroatoms. The monoisotopic (exact) mass is 342 g/mol. The molecule has 1 aliphatic rings. The Morgan fingerprint density at radius 2 is 1.96 bits per heavy atom. The van der Waals surface area contributed by atoms with Crippen molar-refractivity contribution in [3.8, 4) is 0 Å². The lowest BCUT2D eigenvalue weighted by Crippen LogP contribution is -2.34. The van der Waals surface area contributed by atoms with Crippen LogP contribution in [0, 0.1) is 10.1 Å². The smallest absolute Gasteiger partial charge is 0.327 e. The normalized spacial score (nSPS) is 16.2. The number of Topliss-reactive ketones (excluding diaryl/α,β-unsaturated/α-hetero) is 1. The summed E-state index contributed by atoms with van der Waals surface area (Å²) in [7, 11) is 0. The van der Waals surface area contributed by atoms with Crippen LogP contribution in [0.1, 0.15) is 30.9 Å². The van der Waals surface area contributed by atoms with Gasteiger partial charge in [0.1, 0.15) is 5.82 Å². The minimum atomic E-state index is -0.825. The Bertz CT molecular complexity index is 1050. The zero-order chi connectivity index (χ0) is 18.3. The molecular formula is C16H14N4O5. The number of aromatic nitrogens is 2. The van der Waals surface area contributed by atoms with Gasteiger partial charge in [0, 0.05) is 29.3 Å². The molecule has 0 saturated carbocycles. The summed E-state index contributed by atoms with van der Waals surface area (Å²) in [4.78, 5) is 51.3. The van der Waals surface area contributed by atoms with Gasteiger partial charge < -0.3 is 5.32 Å². The molecule has 0 saturated heterocycles. The molecule has 1 aliphatic heterocycles. The summed E-state index contributed by atoms with van der Waals surface area (Å²) in [6, 6.07) is 5.74. The number of carbonyl (C=O) groups excluding carboxylic acids is 1. The number of ketones is 1. The molecule has 0 spiro atoms. The molecule has 2 heterocycles. The number of rotatable bonds is 3. The number of nitro benzene ring substituents is 1. The highest BCUT2D eigenvalue weighted by Gasteiger charge is 2.34. The third-order valence-corrected chi connectivity index (χ3v) is 4.07. The van der Waals surface area contributed by atoms with Gasteiger partial charge in [-0.25, -0.2) is 4.79 Å². The van der Waals surface area contributed by atoms with Crippen molar-refractivity contribution in [2.24, 2.45) is 0 Å². The van der Waals surface area contributed by atoms with E-state index in [9.17, 15) is 24.5 Å². The average Bonchev–Trinajstić information content (AvgIpc) is 2.52. The Hall–Kier alpha value is -3.49. The Labute approximate surface area is 140 Å². The van der Waals surface area contributed by atoms with Crippen LogP contribution in [0.2, 0.25) is 0 Å². The molecule has 0 radical (unpaired) electrons. The van der Waals surface area contributed by atoms with Crippen LogP contribution in [0.5, 0.6) is 0 Å². The van der Waals surface area contributed by atoms with Crippen LogP contribution in [0.15, 0.2) is 45.1 Å². The van der Waals surface area contributed by atoms with Gasteiger partial charge in [-0.3, -0.25) is 29.7 Å². The molecule has 9 nitrogen and oxygen atoms in total. The number of anilines is 1. The first-order valence-electron chi connectivity index (χ1n) is 7.39. The van der Waals surface area contributed by atoms with Crippen LogP contribution < -0.4 is 16.6 Å². The zero-order valence-electron chi connectivity index (χ0n) is 13.4. The Morgan fingerprint density at radius 3 is 2.60 bits per heavy atom. The van der Waals surface area contributed by atoms with Crippen LogP contribution >= 0.6 is 0 Å². The predicted molar refractivity (Wildman–Crippen MR) is 89.6 cm³/mol. The fourth-order valence-electron chi connectivity index (χ4n) is 3.10.